The van der Waals surface area contributed by atoms with E-state index in [0.29, 0.717) is 23.1 Å². The predicted octanol–water partition coefficient (Wildman–Crippen LogP) is 2.56. The van der Waals surface area contributed by atoms with Crippen molar-refractivity contribution in [2.75, 3.05) is 27.8 Å². The second-order valence-corrected chi connectivity index (χ2v) is 5.03. The van der Waals surface area contributed by atoms with Crippen LogP contribution in [0.4, 0.5) is 0 Å². The third-order valence-corrected chi connectivity index (χ3v) is 3.35. The summed E-state index contributed by atoms with van der Waals surface area (Å²) in [6, 6.07) is 3.78. The van der Waals surface area contributed by atoms with Crippen molar-refractivity contribution in [3.05, 3.63) is 22.7 Å². The molecule has 0 saturated heterocycles. The summed E-state index contributed by atoms with van der Waals surface area (Å²) in [5.74, 6) is 1.19. The Balaban J connectivity index is 2.78. The Labute approximate surface area is 119 Å². The van der Waals surface area contributed by atoms with Crippen molar-refractivity contribution in [2.24, 2.45) is 0 Å². The third-order valence-electron chi connectivity index (χ3n) is 2.93. The van der Waals surface area contributed by atoms with Gasteiger partial charge in [0.15, 0.2) is 11.5 Å². The topological polar surface area (TPSA) is 41.9 Å². The molecular formula is C14H22ClNO3. The molecule has 1 aromatic carbocycles. The fourth-order valence-electron chi connectivity index (χ4n) is 1.83. The lowest BCUT2D eigenvalue weighted by Gasteiger charge is -2.19. The van der Waals surface area contributed by atoms with Crippen molar-refractivity contribution in [1.82, 2.24) is 4.90 Å². The van der Waals surface area contributed by atoms with Crippen LogP contribution in [0.5, 0.6) is 11.5 Å². The van der Waals surface area contributed by atoms with Gasteiger partial charge in [0, 0.05) is 13.1 Å². The van der Waals surface area contributed by atoms with E-state index >= 15 is 0 Å². The number of halogens is 1. The van der Waals surface area contributed by atoms with Crippen LogP contribution in [0, 0.1) is 0 Å². The Morgan fingerprint density at radius 2 is 2.00 bits per heavy atom. The third kappa shape index (κ3) is 4.56. The average Bonchev–Trinajstić information content (AvgIpc) is 2.38. The standard InChI is InChI=1S/C14H22ClNO3/c1-10(17)7-8-16(2)9-11-5-6-12(18-3)14(19-4)13(11)15/h5-6,10,17H,7-9H2,1-4H3. The Morgan fingerprint density at radius 3 is 2.53 bits per heavy atom. The first-order chi connectivity index (χ1) is 8.99. The molecule has 1 N–H and O–H groups in total. The number of ether oxygens (including phenoxy) is 2. The fourth-order valence-corrected chi connectivity index (χ4v) is 2.12. The summed E-state index contributed by atoms with van der Waals surface area (Å²) in [6.07, 6.45) is 0.449. The molecule has 0 heterocycles. The second-order valence-electron chi connectivity index (χ2n) is 4.65. The van der Waals surface area contributed by atoms with Gasteiger partial charge in [-0.15, -0.1) is 0 Å². The average molecular weight is 288 g/mol. The SMILES string of the molecule is COc1ccc(CN(C)CCC(C)O)c(Cl)c1OC. The Bertz CT molecular complexity index is 410. The summed E-state index contributed by atoms with van der Waals surface area (Å²) in [7, 11) is 5.16. The smallest absolute Gasteiger partial charge is 0.179 e. The fraction of sp³-hybridized carbons (Fsp3) is 0.571. The van der Waals surface area contributed by atoms with Gasteiger partial charge in [0.05, 0.1) is 25.3 Å². The molecule has 0 fully saturated rings. The molecule has 0 amide bonds. The van der Waals surface area contributed by atoms with Crippen LogP contribution < -0.4 is 9.47 Å². The number of methoxy groups -OCH3 is 2. The van der Waals surface area contributed by atoms with Gasteiger partial charge in [-0.05, 0) is 32.0 Å². The number of nitrogens with zero attached hydrogens (tertiary/aromatic N) is 1. The lowest BCUT2D eigenvalue weighted by Crippen LogP contribution is -2.22. The van der Waals surface area contributed by atoms with Gasteiger partial charge in [0.2, 0.25) is 0 Å². The lowest BCUT2D eigenvalue weighted by atomic mass is 10.1. The van der Waals surface area contributed by atoms with Crippen LogP contribution in [0.15, 0.2) is 12.1 Å². The van der Waals surface area contributed by atoms with E-state index in [1.54, 1.807) is 21.1 Å². The van der Waals surface area contributed by atoms with E-state index in [-0.39, 0.29) is 6.10 Å². The van der Waals surface area contributed by atoms with Crippen LogP contribution in [0.2, 0.25) is 5.02 Å². The van der Waals surface area contributed by atoms with E-state index in [1.807, 2.05) is 19.2 Å². The van der Waals surface area contributed by atoms with Crippen molar-refractivity contribution >= 4 is 11.6 Å². The van der Waals surface area contributed by atoms with Gasteiger partial charge in [0.25, 0.3) is 0 Å². The monoisotopic (exact) mass is 287 g/mol. The summed E-state index contributed by atoms with van der Waals surface area (Å²) in [5, 5.41) is 9.86. The van der Waals surface area contributed by atoms with Gasteiger partial charge in [-0.25, -0.2) is 0 Å². The maximum Gasteiger partial charge on any atom is 0.179 e. The van der Waals surface area contributed by atoms with E-state index in [2.05, 4.69) is 4.90 Å². The molecular weight excluding hydrogens is 266 g/mol. The first kappa shape index (κ1) is 16.1. The van der Waals surface area contributed by atoms with E-state index < -0.39 is 0 Å². The molecule has 0 bridgehead atoms. The highest BCUT2D eigenvalue weighted by molar-refractivity contribution is 6.33. The molecule has 0 radical (unpaired) electrons. The molecule has 4 nitrogen and oxygen atoms in total. The minimum Gasteiger partial charge on any atom is -0.493 e. The highest BCUT2D eigenvalue weighted by Gasteiger charge is 2.14. The number of aliphatic hydroxyl groups is 1. The Morgan fingerprint density at radius 1 is 1.32 bits per heavy atom. The summed E-state index contributed by atoms with van der Waals surface area (Å²) >= 11 is 6.32. The van der Waals surface area contributed by atoms with Gasteiger partial charge < -0.3 is 19.5 Å². The van der Waals surface area contributed by atoms with Gasteiger partial charge in [-0.1, -0.05) is 17.7 Å². The van der Waals surface area contributed by atoms with Crippen LogP contribution in [-0.2, 0) is 6.54 Å². The van der Waals surface area contributed by atoms with Crippen LogP contribution in [-0.4, -0.2) is 43.9 Å². The van der Waals surface area contributed by atoms with Crippen molar-refractivity contribution in [3.8, 4) is 11.5 Å². The first-order valence-electron chi connectivity index (χ1n) is 6.25. The van der Waals surface area contributed by atoms with Gasteiger partial charge in [0.1, 0.15) is 0 Å². The molecule has 1 rings (SSSR count). The van der Waals surface area contributed by atoms with E-state index in [1.165, 1.54) is 0 Å². The van der Waals surface area contributed by atoms with E-state index in [0.717, 1.165) is 18.5 Å². The zero-order valence-electron chi connectivity index (χ0n) is 11.9. The highest BCUT2D eigenvalue weighted by Crippen LogP contribution is 2.37. The summed E-state index contributed by atoms with van der Waals surface area (Å²) < 4.78 is 10.5. The maximum absolute atomic E-state index is 9.28. The minimum absolute atomic E-state index is 0.289. The number of aliphatic hydroxyl groups excluding tert-OH is 1. The van der Waals surface area contributed by atoms with Gasteiger partial charge in [-0.3, -0.25) is 0 Å². The normalized spacial score (nSPS) is 12.6. The van der Waals surface area contributed by atoms with Crippen LogP contribution >= 0.6 is 11.6 Å². The van der Waals surface area contributed by atoms with Gasteiger partial charge in [-0.2, -0.15) is 0 Å². The van der Waals surface area contributed by atoms with E-state index in [4.69, 9.17) is 21.1 Å². The summed E-state index contributed by atoms with van der Waals surface area (Å²) in [6.45, 7) is 3.30. The van der Waals surface area contributed by atoms with Crippen LogP contribution in [0.1, 0.15) is 18.9 Å². The highest BCUT2D eigenvalue weighted by atomic mass is 35.5. The molecule has 108 valence electrons. The number of benzene rings is 1. The second kappa shape index (κ2) is 7.58. The quantitative estimate of drug-likeness (QED) is 0.837. The molecule has 19 heavy (non-hydrogen) atoms. The van der Waals surface area contributed by atoms with Gasteiger partial charge >= 0.3 is 0 Å². The summed E-state index contributed by atoms with van der Waals surface area (Å²) in [5.41, 5.74) is 0.979. The molecule has 0 saturated carbocycles. The molecule has 0 aromatic heterocycles. The molecule has 0 spiro atoms. The van der Waals surface area contributed by atoms with Crippen molar-refractivity contribution in [1.29, 1.82) is 0 Å². The molecule has 1 atom stereocenters. The first-order valence-corrected chi connectivity index (χ1v) is 6.63. The van der Waals surface area contributed by atoms with Crippen molar-refractivity contribution in [2.45, 2.75) is 26.0 Å². The molecule has 0 aliphatic carbocycles. The molecule has 5 heteroatoms. The van der Waals surface area contributed by atoms with Crippen molar-refractivity contribution in [3.63, 3.8) is 0 Å². The van der Waals surface area contributed by atoms with Crippen LogP contribution in [0.25, 0.3) is 0 Å². The number of hydrogen-bond acceptors (Lipinski definition) is 4. The predicted molar refractivity (Wildman–Crippen MR) is 77.2 cm³/mol. The van der Waals surface area contributed by atoms with E-state index in [9.17, 15) is 5.11 Å². The number of rotatable bonds is 7. The number of hydrogen-bond donors (Lipinski definition) is 1. The summed E-state index contributed by atoms with van der Waals surface area (Å²) in [4.78, 5) is 2.11. The molecule has 0 aliphatic rings. The van der Waals surface area contributed by atoms with Crippen molar-refractivity contribution < 1.29 is 14.6 Å². The molecule has 1 unspecified atom stereocenters. The maximum atomic E-state index is 9.28. The zero-order chi connectivity index (χ0) is 14.4. The zero-order valence-corrected chi connectivity index (χ0v) is 12.7. The Kier molecular flexibility index (Phi) is 6.42. The largest absolute Gasteiger partial charge is 0.493 e. The molecule has 0 aliphatic heterocycles. The Hall–Kier alpha value is -0.970. The lowest BCUT2D eigenvalue weighted by molar-refractivity contribution is 0.163. The molecule has 1 aromatic rings. The van der Waals surface area contributed by atoms with Crippen LogP contribution in [0.3, 0.4) is 0 Å². The minimum atomic E-state index is -0.289.